The fraction of sp³-hybridized carbons (Fsp3) is 0.118. The Morgan fingerprint density at radius 1 is 1.26 bits per heavy atom. The van der Waals surface area contributed by atoms with Crippen LogP contribution >= 0.6 is 11.3 Å². The average Bonchev–Trinajstić information content (AvgIpc) is 3.09. The van der Waals surface area contributed by atoms with E-state index in [0.29, 0.717) is 27.9 Å². The molecule has 0 aliphatic carbocycles. The van der Waals surface area contributed by atoms with Crippen molar-refractivity contribution in [3.8, 4) is 5.75 Å². The van der Waals surface area contributed by atoms with E-state index >= 15 is 0 Å². The van der Waals surface area contributed by atoms with Crippen molar-refractivity contribution in [1.82, 2.24) is 9.97 Å². The Labute approximate surface area is 138 Å². The van der Waals surface area contributed by atoms with Crippen LogP contribution in [0.2, 0.25) is 0 Å². The maximum absolute atomic E-state index is 12.5. The van der Waals surface area contributed by atoms with E-state index < -0.39 is 0 Å². The number of ketones is 1. The van der Waals surface area contributed by atoms with E-state index in [4.69, 9.17) is 4.74 Å². The van der Waals surface area contributed by atoms with Crippen LogP contribution in [0.1, 0.15) is 20.8 Å². The molecule has 3 rings (SSSR count). The van der Waals surface area contributed by atoms with Crippen molar-refractivity contribution in [1.29, 1.82) is 0 Å². The van der Waals surface area contributed by atoms with Gasteiger partial charge < -0.3 is 10.1 Å². The number of thiazole rings is 1. The van der Waals surface area contributed by atoms with Gasteiger partial charge in [0.25, 0.3) is 0 Å². The topological polar surface area (TPSA) is 64.1 Å². The van der Waals surface area contributed by atoms with Gasteiger partial charge in [0, 0.05) is 24.5 Å². The zero-order valence-corrected chi connectivity index (χ0v) is 13.3. The van der Waals surface area contributed by atoms with Crippen molar-refractivity contribution in [2.24, 2.45) is 0 Å². The van der Waals surface area contributed by atoms with E-state index in [1.165, 1.54) is 11.3 Å². The Morgan fingerprint density at radius 2 is 2.17 bits per heavy atom. The molecule has 0 aliphatic rings. The quantitative estimate of drug-likeness (QED) is 0.704. The van der Waals surface area contributed by atoms with Gasteiger partial charge in [0.15, 0.2) is 5.13 Å². The zero-order chi connectivity index (χ0) is 16.1. The first-order valence-corrected chi connectivity index (χ1v) is 7.85. The molecule has 0 atom stereocenters. The van der Waals surface area contributed by atoms with Crippen LogP contribution < -0.4 is 10.1 Å². The van der Waals surface area contributed by atoms with Crippen LogP contribution in [0.5, 0.6) is 5.75 Å². The van der Waals surface area contributed by atoms with Gasteiger partial charge in [-0.1, -0.05) is 29.5 Å². The number of carbonyl (C=O) groups is 1. The van der Waals surface area contributed by atoms with Crippen molar-refractivity contribution in [3.63, 3.8) is 0 Å². The fourth-order valence-electron chi connectivity index (χ4n) is 2.05. The summed E-state index contributed by atoms with van der Waals surface area (Å²) in [6, 6.07) is 11.0. The SMILES string of the molecule is COc1cccc(C(=O)c2cnc(NCc3cccnc3)s2)c1. The molecule has 23 heavy (non-hydrogen) atoms. The third-order valence-corrected chi connectivity index (χ3v) is 4.18. The average molecular weight is 325 g/mol. The first-order valence-electron chi connectivity index (χ1n) is 7.03. The van der Waals surface area contributed by atoms with Crippen molar-refractivity contribution in [2.75, 3.05) is 12.4 Å². The summed E-state index contributed by atoms with van der Waals surface area (Å²) in [5, 5.41) is 3.91. The van der Waals surface area contributed by atoms with Gasteiger partial charge in [-0.3, -0.25) is 9.78 Å². The number of aromatic nitrogens is 2. The predicted molar refractivity (Wildman–Crippen MR) is 90.1 cm³/mol. The molecular weight excluding hydrogens is 310 g/mol. The number of anilines is 1. The first kappa shape index (κ1) is 15.2. The maximum atomic E-state index is 12.5. The van der Waals surface area contributed by atoms with E-state index in [0.717, 1.165) is 5.56 Å². The van der Waals surface area contributed by atoms with Crippen LogP contribution in [0.15, 0.2) is 55.0 Å². The lowest BCUT2D eigenvalue weighted by Crippen LogP contribution is -1.99. The Morgan fingerprint density at radius 3 is 2.96 bits per heavy atom. The molecule has 1 N–H and O–H groups in total. The lowest BCUT2D eigenvalue weighted by atomic mass is 10.1. The second-order valence-corrected chi connectivity index (χ2v) is 5.84. The minimum absolute atomic E-state index is 0.0594. The Bertz CT molecular complexity index is 802. The minimum atomic E-state index is -0.0594. The van der Waals surface area contributed by atoms with Gasteiger partial charge in [0.1, 0.15) is 5.75 Å². The summed E-state index contributed by atoms with van der Waals surface area (Å²) >= 11 is 1.34. The van der Waals surface area contributed by atoms with Gasteiger partial charge >= 0.3 is 0 Å². The van der Waals surface area contributed by atoms with Crippen molar-refractivity contribution >= 4 is 22.3 Å². The molecule has 0 radical (unpaired) electrons. The number of benzene rings is 1. The molecule has 0 bridgehead atoms. The van der Waals surface area contributed by atoms with Crippen molar-refractivity contribution in [2.45, 2.75) is 6.54 Å². The van der Waals surface area contributed by atoms with E-state index in [9.17, 15) is 4.79 Å². The van der Waals surface area contributed by atoms with E-state index in [-0.39, 0.29) is 5.78 Å². The summed E-state index contributed by atoms with van der Waals surface area (Å²) in [7, 11) is 1.58. The summed E-state index contributed by atoms with van der Waals surface area (Å²) < 4.78 is 5.15. The fourth-order valence-corrected chi connectivity index (χ4v) is 2.82. The van der Waals surface area contributed by atoms with Gasteiger partial charge in [-0.25, -0.2) is 4.98 Å². The lowest BCUT2D eigenvalue weighted by molar-refractivity contribution is 0.104. The van der Waals surface area contributed by atoms with Crippen LogP contribution in [0.4, 0.5) is 5.13 Å². The third kappa shape index (κ3) is 3.73. The van der Waals surface area contributed by atoms with Gasteiger partial charge in [0.05, 0.1) is 18.2 Å². The standard InChI is InChI=1S/C17H15N3O2S/c1-22-14-6-2-5-13(8-14)16(21)15-11-20-17(23-15)19-10-12-4-3-7-18-9-12/h2-9,11H,10H2,1H3,(H,19,20). The number of ether oxygens (including phenoxy) is 1. The van der Waals surface area contributed by atoms with Crippen LogP contribution in [-0.4, -0.2) is 22.9 Å². The molecular formula is C17H15N3O2S. The summed E-state index contributed by atoms with van der Waals surface area (Å²) in [6.45, 7) is 0.619. The highest BCUT2D eigenvalue weighted by atomic mass is 32.1. The molecule has 1 aromatic carbocycles. The molecule has 0 saturated heterocycles. The monoisotopic (exact) mass is 325 g/mol. The van der Waals surface area contributed by atoms with Crippen LogP contribution in [0.3, 0.4) is 0 Å². The second kappa shape index (κ2) is 7.02. The second-order valence-electron chi connectivity index (χ2n) is 4.81. The summed E-state index contributed by atoms with van der Waals surface area (Å²) in [6.07, 6.45) is 5.12. The number of nitrogens with zero attached hydrogens (tertiary/aromatic N) is 2. The number of rotatable bonds is 6. The minimum Gasteiger partial charge on any atom is -0.497 e. The highest BCUT2D eigenvalue weighted by Crippen LogP contribution is 2.23. The zero-order valence-electron chi connectivity index (χ0n) is 12.5. The molecule has 6 heteroatoms. The summed E-state index contributed by atoms with van der Waals surface area (Å²) in [5.74, 6) is 0.603. The Balaban J connectivity index is 1.69. The molecule has 0 fully saturated rings. The van der Waals surface area contributed by atoms with Gasteiger partial charge in [-0.05, 0) is 23.8 Å². The van der Waals surface area contributed by atoms with E-state index in [1.807, 2.05) is 18.2 Å². The highest BCUT2D eigenvalue weighted by molar-refractivity contribution is 7.17. The number of hydrogen-bond acceptors (Lipinski definition) is 6. The van der Waals surface area contributed by atoms with Crippen LogP contribution in [0, 0.1) is 0 Å². The first-order chi connectivity index (χ1) is 11.3. The van der Waals surface area contributed by atoms with Crippen LogP contribution in [-0.2, 0) is 6.54 Å². The molecule has 116 valence electrons. The van der Waals surface area contributed by atoms with Crippen molar-refractivity contribution in [3.05, 3.63) is 71.0 Å². The highest BCUT2D eigenvalue weighted by Gasteiger charge is 2.13. The smallest absolute Gasteiger partial charge is 0.204 e. The predicted octanol–water partition coefficient (Wildman–Crippen LogP) is 3.39. The number of hydrogen-bond donors (Lipinski definition) is 1. The Hall–Kier alpha value is -2.73. The van der Waals surface area contributed by atoms with E-state index in [2.05, 4.69) is 15.3 Å². The van der Waals surface area contributed by atoms with Crippen LogP contribution in [0.25, 0.3) is 0 Å². The third-order valence-electron chi connectivity index (χ3n) is 3.23. The molecule has 0 spiro atoms. The summed E-state index contributed by atoms with van der Waals surface area (Å²) in [5.41, 5.74) is 1.65. The summed E-state index contributed by atoms with van der Waals surface area (Å²) in [4.78, 5) is 21.4. The number of pyridine rings is 1. The molecule has 0 aliphatic heterocycles. The Kier molecular flexibility index (Phi) is 4.63. The normalized spacial score (nSPS) is 10.3. The van der Waals surface area contributed by atoms with Gasteiger partial charge in [-0.2, -0.15) is 0 Å². The molecule has 0 amide bonds. The molecule has 2 aromatic heterocycles. The van der Waals surface area contributed by atoms with Crippen molar-refractivity contribution < 1.29 is 9.53 Å². The molecule has 3 aromatic rings. The number of carbonyl (C=O) groups excluding carboxylic acids is 1. The molecule has 5 nitrogen and oxygen atoms in total. The van der Waals surface area contributed by atoms with E-state index in [1.54, 1.807) is 43.9 Å². The number of methoxy groups -OCH3 is 1. The number of nitrogens with one attached hydrogen (secondary N) is 1. The molecule has 0 saturated carbocycles. The molecule has 2 heterocycles. The maximum Gasteiger partial charge on any atom is 0.204 e. The molecule has 0 unspecified atom stereocenters. The van der Waals surface area contributed by atoms with Gasteiger partial charge in [-0.15, -0.1) is 0 Å². The largest absolute Gasteiger partial charge is 0.497 e. The lowest BCUT2D eigenvalue weighted by Gasteiger charge is -2.02. The van der Waals surface area contributed by atoms with Gasteiger partial charge in [0.2, 0.25) is 5.78 Å².